The Bertz CT molecular complexity index is 510. The first-order valence-electron chi connectivity index (χ1n) is 6.69. The van der Waals surface area contributed by atoms with Crippen molar-refractivity contribution in [2.75, 3.05) is 0 Å². The van der Waals surface area contributed by atoms with Crippen molar-refractivity contribution in [3.05, 3.63) is 23.5 Å². The van der Waals surface area contributed by atoms with Gasteiger partial charge in [-0.3, -0.25) is 0 Å². The van der Waals surface area contributed by atoms with E-state index in [4.69, 9.17) is 0 Å². The standard InChI is InChI=1S/C15H18Br4O/c1-7-4-8(6-15(2,3)5-7)9-10(16)12(18)14(20)13(19)11(9)17/h7-8,20H,4-6H2,1-3H3/t7?,8-/m0/s1. The highest BCUT2D eigenvalue weighted by Crippen LogP contribution is 2.53. The summed E-state index contributed by atoms with van der Waals surface area (Å²) in [6.45, 7) is 7.03. The fraction of sp³-hybridized carbons (Fsp3) is 0.600. The lowest BCUT2D eigenvalue weighted by Crippen LogP contribution is -2.27. The molecule has 0 bridgehead atoms. The molecule has 0 heterocycles. The summed E-state index contributed by atoms with van der Waals surface area (Å²) in [5.41, 5.74) is 1.61. The Morgan fingerprint density at radius 1 is 0.950 bits per heavy atom. The Morgan fingerprint density at radius 3 is 1.90 bits per heavy atom. The molecule has 1 nitrogen and oxygen atoms in total. The molecule has 1 N–H and O–H groups in total. The van der Waals surface area contributed by atoms with Crippen LogP contribution < -0.4 is 0 Å². The molecule has 0 saturated heterocycles. The average Bonchev–Trinajstić information content (AvgIpc) is 2.32. The molecule has 112 valence electrons. The van der Waals surface area contributed by atoms with Gasteiger partial charge in [-0.25, -0.2) is 0 Å². The van der Waals surface area contributed by atoms with E-state index in [0.29, 0.717) is 17.3 Å². The van der Waals surface area contributed by atoms with E-state index >= 15 is 0 Å². The monoisotopic (exact) mass is 530 g/mol. The number of hydrogen-bond donors (Lipinski definition) is 1. The molecule has 2 rings (SSSR count). The summed E-state index contributed by atoms with van der Waals surface area (Å²) in [5, 5.41) is 10.1. The Morgan fingerprint density at radius 2 is 1.45 bits per heavy atom. The molecule has 0 radical (unpaired) electrons. The maximum absolute atomic E-state index is 10.1. The maximum Gasteiger partial charge on any atom is 0.146 e. The molecule has 5 heteroatoms. The van der Waals surface area contributed by atoms with Crippen molar-refractivity contribution in [2.24, 2.45) is 11.3 Å². The topological polar surface area (TPSA) is 20.2 Å². The molecular weight excluding hydrogens is 516 g/mol. The van der Waals surface area contributed by atoms with Gasteiger partial charge in [0.2, 0.25) is 0 Å². The highest BCUT2D eigenvalue weighted by atomic mass is 79.9. The van der Waals surface area contributed by atoms with Gasteiger partial charge in [-0.15, -0.1) is 0 Å². The summed E-state index contributed by atoms with van der Waals surface area (Å²) in [7, 11) is 0. The van der Waals surface area contributed by atoms with Crippen molar-refractivity contribution in [3.8, 4) is 5.75 Å². The highest BCUT2D eigenvalue weighted by Gasteiger charge is 2.35. The van der Waals surface area contributed by atoms with Crippen molar-refractivity contribution < 1.29 is 5.11 Å². The third kappa shape index (κ3) is 3.31. The number of phenols is 1. The first kappa shape index (κ1) is 17.3. The first-order chi connectivity index (χ1) is 9.14. The van der Waals surface area contributed by atoms with Crippen molar-refractivity contribution in [1.29, 1.82) is 0 Å². The second-order valence-corrected chi connectivity index (χ2v) is 9.80. The molecule has 2 atom stereocenters. The zero-order valence-electron chi connectivity index (χ0n) is 11.7. The van der Waals surface area contributed by atoms with Gasteiger partial charge in [0.05, 0.1) is 8.95 Å². The molecule has 0 spiro atoms. The Labute approximate surface area is 154 Å². The molecule has 1 saturated carbocycles. The fourth-order valence-corrected chi connectivity index (χ4v) is 6.34. The number of halogens is 4. The molecule has 1 aliphatic carbocycles. The molecule has 1 aliphatic rings. The molecule has 20 heavy (non-hydrogen) atoms. The Kier molecular flexibility index (Phi) is 5.37. The van der Waals surface area contributed by atoms with Crippen LogP contribution in [0.25, 0.3) is 0 Å². The van der Waals surface area contributed by atoms with Crippen molar-refractivity contribution in [1.82, 2.24) is 0 Å². The van der Waals surface area contributed by atoms with E-state index in [2.05, 4.69) is 84.5 Å². The molecule has 1 aromatic rings. The van der Waals surface area contributed by atoms with Crippen molar-refractivity contribution >= 4 is 63.7 Å². The van der Waals surface area contributed by atoms with Crippen LogP contribution in [0.3, 0.4) is 0 Å². The maximum atomic E-state index is 10.1. The second-order valence-electron chi connectivity index (χ2n) is 6.63. The zero-order chi connectivity index (χ0) is 15.2. The van der Waals surface area contributed by atoms with Crippen LogP contribution >= 0.6 is 63.7 Å². The molecule has 1 aromatic carbocycles. The second kappa shape index (κ2) is 6.21. The van der Waals surface area contributed by atoms with E-state index in [1.165, 1.54) is 18.4 Å². The minimum atomic E-state index is 0.232. The summed E-state index contributed by atoms with van der Waals surface area (Å²) in [4.78, 5) is 0. The third-order valence-electron chi connectivity index (χ3n) is 4.07. The van der Waals surface area contributed by atoms with Crippen LogP contribution in [0.5, 0.6) is 5.75 Å². The number of benzene rings is 1. The minimum absolute atomic E-state index is 0.232. The van der Waals surface area contributed by atoms with E-state index in [9.17, 15) is 5.11 Å². The predicted octanol–water partition coefficient (Wildman–Crippen LogP) is 7.37. The molecule has 1 unspecified atom stereocenters. The SMILES string of the molecule is CC1C[C@H](c2c(Br)c(Br)c(O)c(Br)c2Br)CC(C)(C)C1. The zero-order valence-corrected chi connectivity index (χ0v) is 18.1. The van der Waals surface area contributed by atoms with Gasteiger partial charge in [0.25, 0.3) is 0 Å². The van der Waals surface area contributed by atoms with Crippen LogP contribution in [-0.2, 0) is 0 Å². The average molecular weight is 534 g/mol. The van der Waals surface area contributed by atoms with Crippen LogP contribution in [-0.4, -0.2) is 5.11 Å². The lowest BCUT2D eigenvalue weighted by molar-refractivity contribution is 0.168. The molecular formula is C15H18Br4O. The largest absolute Gasteiger partial charge is 0.505 e. The summed E-state index contributed by atoms with van der Waals surface area (Å²) in [5.74, 6) is 1.44. The van der Waals surface area contributed by atoms with Gasteiger partial charge in [0, 0.05) is 8.95 Å². The number of phenolic OH excluding ortho intramolecular Hbond substituents is 1. The van der Waals surface area contributed by atoms with Gasteiger partial charge in [-0.05, 0) is 106 Å². The minimum Gasteiger partial charge on any atom is -0.505 e. The van der Waals surface area contributed by atoms with Gasteiger partial charge in [-0.1, -0.05) is 20.8 Å². The van der Waals surface area contributed by atoms with Gasteiger partial charge in [-0.2, -0.15) is 0 Å². The van der Waals surface area contributed by atoms with Crippen LogP contribution in [0.4, 0.5) is 0 Å². The van der Waals surface area contributed by atoms with Crippen LogP contribution in [0.1, 0.15) is 51.5 Å². The number of hydrogen-bond acceptors (Lipinski definition) is 1. The fourth-order valence-electron chi connectivity index (χ4n) is 3.56. The quantitative estimate of drug-likeness (QED) is 0.374. The van der Waals surface area contributed by atoms with E-state index in [-0.39, 0.29) is 5.75 Å². The van der Waals surface area contributed by atoms with E-state index in [0.717, 1.165) is 24.3 Å². The third-order valence-corrected chi connectivity index (χ3v) is 8.32. The number of rotatable bonds is 1. The lowest BCUT2D eigenvalue weighted by Gasteiger charge is -2.40. The summed E-state index contributed by atoms with van der Waals surface area (Å²) in [6, 6.07) is 0. The van der Waals surface area contributed by atoms with E-state index < -0.39 is 0 Å². The van der Waals surface area contributed by atoms with Crippen molar-refractivity contribution in [2.45, 2.75) is 46.0 Å². The summed E-state index contributed by atoms with van der Waals surface area (Å²) < 4.78 is 3.36. The summed E-state index contributed by atoms with van der Waals surface area (Å²) in [6.07, 6.45) is 3.63. The normalized spacial score (nSPS) is 25.8. The van der Waals surface area contributed by atoms with Crippen LogP contribution in [0.15, 0.2) is 17.9 Å². The smallest absolute Gasteiger partial charge is 0.146 e. The van der Waals surface area contributed by atoms with Gasteiger partial charge in [0.1, 0.15) is 5.75 Å². The van der Waals surface area contributed by atoms with Crippen LogP contribution in [0.2, 0.25) is 0 Å². The number of aromatic hydroxyl groups is 1. The van der Waals surface area contributed by atoms with E-state index in [1.54, 1.807) is 0 Å². The molecule has 0 amide bonds. The van der Waals surface area contributed by atoms with Gasteiger partial charge >= 0.3 is 0 Å². The predicted molar refractivity (Wildman–Crippen MR) is 98.4 cm³/mol. The summed E-state index contributed by atoms with van der Waals surface area (Å²) >= 11 is 14.3. The first-order valence-corrected chi connectivity index (χ1v) is 9.86. The van der Waals surface area contributed by atoms with Gasteiger partial charge < -0.3 is 5.11 Å². The molecule has 1 fully saturated rings. The molecule has 0 aromatic heterocycles. The van der Waals surface area contributed by atoms with Gasteiger partial charge in [0.15, 0.2) is 0 Å². The Hall–Kier alpha value is 0.940. The van der Waals surface area contributed by atoms with Crippen molar-refractivity contribution in [3.63, 3.8) is 0 Å². The Balaban J connectivity index is 2.53. The van der Waals surface area contributed by atoms with E-state index in [1.807, 2.05) is 0 Å². The highest BCUT2D eigenvalue weighted by molar-refractivity contribution is 9.14. The van der Waals surface area contributed by atoms with Crippen LogP contribution in [0, 0.1) is 11.3 Å². The molecule has 0 aliphatic heterocycles. The lowest BCUT2D eigenvalue weighted by atomic mass is 9.66.